The fraction of sp³-hybridized carbons (Fsp3) is 0.154. The van der Waals surface area contributed by atoms with Gasteiger partial charge in [0.1, 0.15) is 17.5 Å². The van der Waals surface area contributed by atoms with Gasteiger partial charge < -0.3 is 20.9 Å². The van der Waals surface area contributed by atoms with Crippen molar-refractivity contribution in [2.24, 2.45) is 0 Å². The van der Waals surface area contributed by atoms with Crippen LogP contribution in [0, 0.1) is 11.3 Å². The molecule has 0 aliphatic carbocycles. The molecule has 2 aromatic rings. The number of hydrogen-bond acceptors (Lipinski definition) is 7. The number of halogens is 2. The molecule has 114 valence electrons. The molecule has 0 unspecified atom stereocenters. The standard InChI is InChI=1S/C13H11F2N5O2/c1-21-9-4-6(2-3-8(9)22-12(14)15)10-7(5-16)11(17)20-13(18)19-10/h2-4,12H,1H3,(H4,17,18,19,20). The van der Waals surface area contributed by atoms with Crippen molar-refractivity contribution in [2.45, 2.75) is 6.61 Å². The molecule has 1 heterocycles. The van der Waals surface area contributed by atoms with Gasteiger partial charge in [-0.15, -0.1) is 0 Å². The molecule has 0 amide bonds. The molecule has 7 nitrogen and oxygen atoms in total. The van der Waals surface area contributed by atoms with Crippen LogP contribution in [-0.2, 0) is 0 Å². The van der Waals surface area contributed by atoms with E-state index in [9.17, 15) is 8.78 Å². The van der Waals surface area contributed by atoms with Crippen LogP contribution < -0.4 is 20.9 Å². The number of aromatic nitrogens is 2. The van der Waals surface area contributed by atoms with Gasteiger partial charge in [-0.3, -0.25) is 0 Å². The number of hydrogen-bond donors (Lipinski definition) is 2. The predicted octanol–water partition coefficient (Wildman–Crippen LogP) is 1.79. The van der Waals surface area contributed by atoms with Crippen LogP contribution in [0.2, 0.25) is 0 Å². The Morgan fingerprint density at radius 1 is 1.23 bits per heavy atom. The van der Waals surface area contributed by atoms with E-state index in [1.54, 1.807) is 0 Å². The van der Waals surface area contributed by atoms with E-state index < -0.39 is 6.61 Å². The van der Waals surface area contributed by atoms with Crippen molar-refractivity contribution in [2.75, 3.05) is 18.6 Å². The molecule has 0 spiro atoms. The van der Waals surface area contributed by atoms with E-state index in [2.05, 4.69) is 14.7 Å². The van der Waals surface area contributed by atoms with E-state index >= 15 is 0 Å². The number of nitrogens with zero attached hydrogens (tertiary/aromatic N) is 3. The zero-order valence-electron chi connectivity index (χ0n) is 11.4. The first kappa shape index (κ1) is 15.2. The van der Waals surface area contributed by atoms with Gasteiger partial charge in [-0.25, -0.2) is 4.98 Å². The number of anilines is 2. The summed E-state index contributed by atoms with van der Waals surface area (Å²) in [6.45, 7) is -2.99. The summed E-state index contributed by atoms with van der Waals surface area (Å²) in [5.41, 5.74) is 11.7. The Kier molecular flexibility index (Phi) is 4.22. The molecule has 4 N–H and O–H groups in total. The summed E-state index contributed by atoms with van der Waals surface area (Å²) < 4.78 is 33.9. The van der Waals surface area contributed by atoms with Crippen LogP contribution in [0.5, 0.6) is 11.5 Å². The quantitative estimate of drug-likeness (QED) is 0.883. The van der Waals surface area contributed by atoms with E-state index in [-0.39, 0.29) is 34.5 Å². The molecule has 0 aliphatic heterocycles. The number of benzene rings is 1. The highest BCUT2D eigenvalue weighted by molar-refractivity contribution is 5.74. The van der Waals surface area contributed by atoms with Gasteiger partial charge in [-0.1, -0.05) is 0 Å². The lowest BCUT2D eigenvalue weighted by molar-refractivity contribution is -0.0512. The normalized spacial score (nSPS) is 10.3. The first-order chi connectivity index (χ1) is 10.5. The number of ether oxygens (including phenoxy) is 2. The van der Waals surface area contributed by atoms with Crippen molar-refractivity contribution in [3.8, 4) is 28.8 Å². The lowest BCUT2D eigenvalue weighted by atomic mass is 10.1. The average Bonchev–Trinajstić information content (AvgIpc) is 2.46. The van der Waals surface area contributed by atoms with Gasteiger partial charge in [0.05, 0.1) is 12.8 Å². The summed E-state index contributed by atoms with van der Waals surface area (Å²) in [4.78, 5) is 7.66. The second kappa shape index (κ2) is 6.09. The van der Waals surface area contributed by atoms with Gasteiger partial charge >= 0.3 is 6.61 Å². The second-order valence-corrected chi connectivity index (χ2v) is 4.05. The number of nitrogens with two attached hydrogens (primary N) is 2. The minimum absolute atomic E-state index is 0.0266. The molecule has 0 bridgehead atoms. The van der Waals surface area contributed by atoms with Crippen molar-refractivity contribution in [3.63, 3.8) is 0 Å². The topological polar surface area (TPSA) is 120 Å². The van der Waals surface area contributed by atoms with Crippen molar-refractivity contribution < 1.29 is 18.3 Å². The maximum Gasteiger partial charge on any atom is 0.387 e. The largest absolute Gasteiger partial charge is 0.493 e. The van der Waals surface area contributed by atoms with Crippen LogP contribution >= 0.6 is 0 Å². The highest BCUT2D eigenvalue weighted by Crippen LogP contribution is 2.34. The Bertz CT molecular complexity index is 746. The molecule has 1 aromatic carbocycles. The number of rotatable bonds is 4. The minimum atomic E-state index is -2.99. The van der Waals surface area contributed by atoms with E-state index in [0.29, 0.717) is 5.56 Å². The first-order valence-corrected chi connectivity index (χ1v) is 5.92. The highest BCUT2D eigenvalue weighted by Gasteiger charge is 2.16. The molecule has 0 radical (unpaired) electrons. The molecule has 0 fully saturated rings. The van der Waals surface area contributed by atoms with Gasteiger partial charge in [0.15, 0.2) is 11.5 Å². The summed E-state index contributed by atoms with van der Waals surface area (Å²) in [5.74, 6) is -0.276. The Morgan fingerprint density at radius 2 is 1.95 bits per heavy atom. The van der Waals surface area contributed by atoms with E-state index in [4.69, 9.17) is 21.5 Å². The Morgan fingerprint density at radius 3 is 2.55 bits per heavy atom. The summed E-state index contributed by atoms with van der Waals surface area (Å²) in [6, 6.07) is 5.97. The van der Waals surface area contributed by atoms with Crippen LogP contribution in [0.15, 0.2) is 18.2 Å². The van der Waals surface area contributed by atoms with Crippen LogP contribution in [0.4, 0.5) is 20.5 Å². The predicted molar refractivity (Wildman–Crippen MR) is 74.2 cm³/mol. The van der Waals surface area contributed by atoms with Crippen LogP contribution in [-0.4, -0.2) is 23.7 Å². The van der Waals surface area contributed by atoms with Gasteiger partial charge in [0.2, 0.25) is 5.95 Å². The van der Waals surface area contributed by atoms with Gasteiger partial charge in [0, 0.05) is 5.56 Å². The van der Waals surface area contributed by atoms with Crippen LogP contribution in [0.25, 0.3) is 11.3 Å². The maximum atomic E-state index is 12.3. The lowest BCUT2D eigenvalue weighted by Gasteiger charge is -2.12. The molecule has 0 saturated heterocycles. The van der Waals surface area contributed by atoms with Gasteiger partial charge in [-0.2, -0.15) is 19.0 Å². The maximum absolute atomic E-state index is 12.3. The first-order valence-electron chi connectivity index (χ1n) is 5.92. The molecular weight excluding hydrogens is 296 g/mol. The summed E-state index contributed by atoms with van der Waals surface area (Å²) in [6.07, 6.45) is 0. The Hall–Kier alpha value is -3.15. The van der Waals surface area contributed by atoms with Crippen molar-refractivity contribution >= 4 is 11.8 Å². The Balaban J connectivity index is 2.57. The second-order valence-electron chi connectivity index (χ2n) is 4.05. The molecule has 2 rings (SSSR count). The molecule has 22 heavy (non-hydrogen) atoms. The van der Waals surface area contributed by atoms with Crippen molar-refractivity contribution in [1.82, 2.24) is 9.97 Å². The third kappa shape index (κ3) is 2.95. The smallest absolute Gasteiger partial charge is 0.387 e. The summed E-state index contributed by atoms with van der Waals surface area (Å²) >= 11 is 0. The monoisotopic (exact) mass is 307 g/mol. The molecule has 9 heteroatoms. The minimum Gasteiger partial charge on any atom is -0.493 e. The Labute approximate surface area is 124 Å². The average molecular weight is 307 g/mol. The number of nitriles is 1. The number of nitrogen functional groups attached to an aromatic ring is 2. The third-order valence-electron chi connectivity index (χ3n) is 2.72. The zero-order chi connectivity index (χ0) is 16.3. The molecule has 0 atom stereocenters. The highest BCUT2D eigenvalue weighted by atomic mass is 19.3. The summed E-state index contributed by atoms with van der Waals surface area (Å²) in [7, 11) is 1.30. The lowest BCUT2D eigenvalue weighted by Crippen LogP contribution is -2.06. The molecule has 0 saturated carbocycles. The van der Waals surface area contributed by atoms with Gasteiger partial charge in [0.25, 0.3) is 0 Å². The van der Waals surface area contributed by atoms with E-state index in [1.807, 2.05) is 6.07 Å². The van der Waals surface area contributed by atoms with Gasteiger partial charge in [-0.05, 0) is 18.2 Å². The fourth-order valence-corrected chi connectivity index (χ4v) is 1.82. The van der Waals surface area contributed by atoms with Crippen LogP contribution in [0.1, 0.15) is 5.56 Å². The van der Waals surface area contributed by atoms with E-state index in [0.717, 1.165) is 0 Å². The van der Waals surface area contributed by atoms with E-state index in [1.165, 1.54) is 25.3 Å². The molecule has 1 aromatic heterocycles. The van der Waals surface area contributed by atoms with Crippen molar-refractivity contribution in [1.29, 1.82) is 5.26 Å². The van der Waals surface area contributed by atoms with Crippen molar-refractivity contribution in [3.05, 3.63) is 23.8 Å². The third-order valence-corrected chi connectivity index (χ3v) is 2.72. The number of alkyl halides is 2. The summed E-state index contributed by atoms with van der Waals surface area (Å²) in [5, 5.41) is 9.15. The molecular formula is C13H11F2N5O2. The number of methoxy groups -OCH3 is 1. The zero-order valence-corrected chi connectivity index (χ0v) is 11.4. The fourth-order valence-electron chi connectivity index (χ4n) is 1.82. The SMILES string of the molecule is COc1cc(-c2nc(N)nc(N)c2C#N)ccc1OC(F)F. The molecule has 0 aliphatic rings. The van der Waals surface area contributed by atoms with Crippen LogP contribution in [0.3, 0.4) is 0 Å².